The van der Waals surface area contributed by atoms with Crippen LogP contribution >= 0.6 is 0 Å². The van der Waals surface area contributed by atoms with Gasteiger partial charge in [-0.3, -0.25) is 0 Å². The van der Waals surface area contributed by atoms with Crippen LogP contribution in [0.4, 0.5) is 47.4 Å². The first-order valence-corrected chi connectivity index (χ1v) is 7.28. The van der Waals surface area contributed by atoms with Crippen LogP contribution in [0.15, 0.2) is 0 Å². The molecule has 12 heteroatoms. The minimum absolute atomic E-state index is 2.25. The van der Waals surface area contributed by atoms with Crippen molar-refractivity contribution in [3.05, 3.63) is 58.2 Å². The van der Waals surface area contributed by atoms with Gasteiger partial charge in [-0.1, -0.05) is 0 Å². The Morgan fingerprint density at radius 1 is 0.333 bits per heavy atom. The van der Waals surface area contributed by atoms with Crippen LogP contribution in [-0.2, 0) is 0 Å². The largest absolute Gasteiger partial charge is 0.605 e. The fourth-order valence-corrected chi connectivity index (χ4v) is 3.52. The summed E-state index contributed by atoms with van der Waals surface area (Å²) in [5, 5.41) is 0. The van der Waals surface area contributed by atoms with Crippen molar-refractivity contribution in [3.8, 4) is 0 Å². The highest BCUT2D eigenvalue weighted by molar-refractivity contribution is 6.79. The van der Waals surface area contributed by atoms with Crippen LogP contribution in [0.3, 0.4) is 0 Å². The fraction of sp³-hybridized carbons (Fsp3) is 0. The van der Waals surface area contributed by atoms with Crippen LogP contribution in [0, 0.1) is 58.2 Å². The second kappa shape index (κ2) is 6.25. The van der Waals surface area contributed by atoms with Crippen molar-refractivity contribution in [2.45, 2.75) is 0 Å². The third-order valence-corrected chi connectivity index (χ3v) is 5.02. The summed E-state index contributed by atoms with van der Waals surface area (Å²) in [4.78, 5) is 0. The summed E-state index contributed by atoms with van der Waals surface area (Å²) in [7, 11) is 0. The first-order valence-electron chi connectivity index (χ1n) is 5.69. The maximum absolute atomic E-state index is 14.2. The molecule has 0 aliphatic heterocycles. The quantitative estimate of drug-likeness (QED) is 0.325. The number of hydrogen-bond acceptors (Lipinski definition) is 0. The molecule has 0 aliphatic rings. The van der Waals surface area contributed by atoms with Gasteiger partial charge in [-0.05, 0) is 0 Å². The molecule has 0 fully saturated rings. The number of hydrogen-bond donors (Lipinski definition) is 0. The molecule has 0 aromatic heterocycles. The van der Waals surface area contributed by atoms with Crippen LogP contribution in [-0.4, -0.2) is 14.6 Å². The molecule has 0 amide bonds. The molecular weight excluding hydrogens is 380 g/mol. The first-order chi connectivity index (χ1) is 11.0. The molecule has 0 saturated carbocycles. The maximum atomic E-state index is 14.2. The Kier molecular flexibility index (Phi) is 4.83. The SMILES string of the molecule is Fc1c(F)c(F)[c]([Al]([F])[c]2c(F)c(F)c(F)c(F)c2F)c(F)c1F. The van der Waals surface area contributed by atoms with Gasteiger partial charge < -0.3 is 3.52 Å². The first kappa shape index (κ1) is 18.5. The molecule has 2 rings (SSSR count). The van der Waals surface area contributed by atoms with Gasteiger partial charge in [0.05, 0.1) is 0 Å². The monoisotopic (exact) mass is 380 g/mol. The zero-order valence-electron chi connectivity index (χ0n) is 10.7. The van der Waals surface area contributed by atoms with Gasteiger partial charge in [0.2, 0.25) is 0 Å². The molecule has 0 aliphatic carbocycles. The summed E-state index contributed by atoms with van der Waals surface area (Å²) in [6.45, 7) is 0. The van der Waals surface area contributed by atoms with E-state index in [9.17, 15) is 47.4 Å². The molecule has 0 heterocycles. The minimum Gasteiger partial charge on any atom is -0.402 e. The zero-order chi connectivity index (χ0) is 18.5. The van der Waals surface area contributed by atoms with E-state index in [0.717, 1.165) is 0 Å². The molecule has 2 aromatic carbocycles. The van der Waals surface area contributed by atoms with E-state index < -0.39 is 81.6 Å². The lowest BCUT2D eigenvalue weighted by atomic mass is 10.3. The van der Waals surface area contributed by atoms with Gasteiger partial charge in [0, 0.05) is 8.85 Å². The average Bonchev–Trinajstić information content (AvgIpc) is 2.55. The Hall–Kier alpha value is -1.80. The lowest BCUT2D eigenvalue weighted by Gasteiger charge is -2.12. The average molecular weight is 380 g/mol. The lowest BCUT2D eigenvalue weighted by molar-refractivity contribution is 0.381. The van der Waals surface area contributed by atoms with Crippen LogP contribution in [0.2, 0.25) is 0 Å². The molecule has 0 bridgehead atoms. The van der Waals surface area contributed by atoms with Gasteiger partial charge in [-0.15, -0.1) is 0 Å². The molecule has 0 unspecified atom stereocenters. The summed E-state index contributed by atoms with van der Waals surface area (Å²) < 4.78 is 141. The number of rotatable bonds is 2. The van der Waals surface area contributed by atoms with Crippen molar-refractivity contribution in [1.82, 2.24) is 0 Å². The molecule has 0 spiro atoms. The normalized spacial score (nSPS) is 11.1. The predicted molar refractivity (Wildman–Crippen MR) is 58.6 cm³/mol. The van der Waals surface area contributed by atoms with Crippen molar-refractivity contribution >= 4 is 23.5 Å². The highest BCUT2D eigenvalue weighted by atomic mass is 27.2. The van der Waals surface area contributed by atoms with Gasteiger partial charge in [0.1, 0.15) is 0 Å². The van der Waals surface area contributed by atoms with Crippen LogP contribution in [0.1, 0.15) is 0 Å². The van der Waals surface area contributed by atoms with Gasteiger partial charge in [0.15, 0.2) is 58.2 Å². The van der Waals surface area contributed by atoms with E-state index in [0.29, 0.717) is 0 Å². The zero-order valence-corrected chi connectivity index (χ0v) is 11.9. The van der Waals surface area contributed by atoms with Crippen molar-refractivity contribution in [1.29, 1.82) is 0 Å². The Bertz CT molecular complexity index is 720. The van der Waals surface area contributed by atoms with E-state index >= 15 is 0 Å². The van der Waals surface area contributed by atoms with Crippen molar-refractivity contribution in [2.24, 2.45) is 0 Å². The topological polar surface area (TPSA) is 0 Å². The highest BCUT2D eigenvalue weighted by Gasteiger charge is 2.43. The van der Waals surface area contributed by atoms with Crippen molar-refractivity contribution in [3.63, 3.8) is 0 Å². The van der Waals surface area contributed by atoms with Crippen LogP contribution < -0.4 is 8.85 Å². The molecule has 0 N–H and O–H groups in total. The Labute approximate surface area is 130 Å². The molecule has 0 saturated heterocycles. The van der Waals surface area contributed by atoms with Gasteiger partial charge in [-0.2, -0.15) is 0 Å². The molecule has 0 nitrogen and oxygen atoms in total. The van der Waals surface area contributed by atoms with Crippen molar-refractivity contribution in [2.75, 3.05) is 0 Å². The summed E-state index contributed by atoms with van der Waals surface area (Å²) in [6.07, 6.45) is 0. The molecule has 24 heavy (non-hydrogen) atoms. The summed E-state index contributed by atoms with van der Waals surface area (Å²) in [5.74, 6) is -26.9. The molecule has 2 aromatic rings. The summed E-state index contributed by atoms with van der Waals surface area (Å²) in [6, 6.07) is 0. The predicted octanol–water partition coefficient (Wildman–Crippen LogP) is 3.15. The Morgan fingerprint density at radius 3 is 0.708 bits per heavy atom. The van der Waals surface area contributed by atoms with Gasteiger partial charge >= 0.3 is 14.6 Å². The van der Waals surface area contributed by atoms with Crippen LogP contribution in [0.25, 0.3) is 0 Å². The van der Waals surface area contributed by atoms with E-state index in [1.54, 1.807) is 0 Å². The van der Waals surface area contributed by atoms with Gasteiger partial charge in [0.25, 0.3) is 0 Å². The molecule has 0 atom stereocenters. The maximum Gasteiger partial charge on any atom is 0.605 e. The third kappa shape index (κ3) is 2.54. The minimum atomic E-state index is -5.52. The van der Waals surface area contributed by atoms with E-state index in [4.69, 9.17) is 0 Å². The number of halogens is 11. The fourth-order valence-electron chi connectivity index (χ4n) is 1.83. The molecular formula is C12AlF11. The van der Waals surface area contributed by atoms with E-state index in [1.807, 2.05) is 0 Å². The van der Waals surface area contributed by atoms with Gasteiger partial charge in [-0.25, -0.2) is 43.9 Å². The highest BCUT2D eigenvalue weighted by Crippen LogP contribution is 2.20. The van der Waals surface area contributed by atoms with E-state index in [-0.39, 0.29) is 0 Å². The molecule has 0 radical (unpaired) electrons. The molecule has 128 valence electrons. The third-order valence-electron chi connectivity index (χ3n) is 2.99. The van der Waals surface area contributed by atoms with Crippen molar-refractivity contribution < 1.29 is 47.4 Å². The van der Waals surface area contributed by atoms with E-state index in [1.165, 1.54) is 0 Å². The summed E-state index contributed by atoms with van der Waals surface area (Å²) >= 11 is -5.52. The lowest BCUT2D eigenvalue weighted by Crippen LogP contribution is -2.48. The second-order valence-corrected chi connectivity index (χ2v) is 6.21. The Balaban J connectivity index is 2.84. The Morgan fingerprint density at radius 2 is 0.500 bits per heavy atom. The standard InChI is InChI=1S/2C6F5.Al.FH/c2*7-2-1-3(8)5(10)6(11)4(2)9;;/h;;;1H/q;;+1;/p-1. The second-order valence-electron chi connectivity index (χ2n) is 4.33. The smallest absolute Gasteiger partial charge is 0.402 e. The van der Waals surface area contributed by atoms with Crippen LogP contribution in [0.5, 0.6) is 0 Å². The number of benzene rings is 2. The summed E-state index contributed by atoms with van der Waals surface area (Å²) in [5.41, 5.74) is 0. The van der Waals surface area contributed by atoms with E-state index in [2.05, 4.69) is 0 Å².